The van der Waals surface area contributed by atoms with Gasteiger partial charge in [0.15, 0.2) is 0 Å². The molecule has 92 valence electrons. The van der Waals surface area contributed by atoms with Gasteiger partial charge in [-0.3, -0.25) is 0 Å². The van der Waals surface area contributed by atoms with Crippen LogP contribution >= 0.6 is 11.6 Å². The van der Waals surface area contributed by atoms with Crippen molar-refractivity contribution in [3.05, 3.63) is 35.0 Å². The lowest BCUT2D eigenvalue weighted by Crippen LogP contribution is -2.39. The number of hydrogen-bond donors (Lipinski definition) is 2. The van der Waals surface area contributed by atoms with Crippen molar-refractivity contribution in [3.8, 4) is 0 Å². The Balaban J connectivity index is 2.56. The minimum atomic E-state index is -1.13. The first kappa shape index (κ1) is 12.4. The second kappa shape index (κ2) is 4.33. The largest absolute Gasteiger partial charge is 0.458 e. The van der Waals surface area contributed by atoms with E-state index >= 15 is 0 Å². The first-order valence-corrected chi connectivity index (χ1v) is 5.97. The van der Waals surface area contributed by atoms with Crippen molar-refractivity contribution in [1.82, 2.24) is 0 Å². The van der Waals surface area contributed by atoms with Crippen LogP contribution in [-0.4, -0.2) is 11.7 Å². The average Bonchev–Trinajstić information content (AvgIpc) is 2.70. The lowest BCUT2D eigenvalue weighted by molar-refractivity contribution is -0.0194. The second-order valence-corrected chi connectivity index (χ2v) is 5.01. The van der Waals surface area contributed by atoms with Gasteiger partial charge in [0.05, 0.1) is 0 Å². The summed E-state index contributed by atoms with van der Waals surface area (Å²) in [6.45, 7) is 3.94. The summed E-state index contributed by atoms with van der Waals surface area (Å²) in [4.78, 5) is 0. The Kier molecular flexibility index (Phi) is 3.17. The molecule has 0 amide bonds. The van der Waals surface area contributed by atoms with Crippen molar-refractivity contribution in [1.29, 1.82) is 0 Å². The summed E-state index contributed by atoms with van der Waals surface area (Å²) in [6, 6.07) is 7.15. The highest BCUT2D eigenvalue weighted by molar-refractivity contribution is 6.31. The number of benzene rings is 1. The highest BCUT2D eigenvalue weighted by Crippen LogP contribution is 2.33. The molecular formula is C13H16ClNO2. The minimum Gasteiger partial charge on any atom is -0.458 e. The van der Waals surface area contributed by atoms with Crippen molar-refractivity contribution >= 4 is 22.6 Å². The van der Waals surface area contributed by atoms with Crippen LogP contribution in [-0.2, 0) is 5.60 Å². The molecule has 1 atom stereocenters. The van der Waals surface area contributed by atoms with E-state index in [0.29, 0.717) is 16.4 Å². The third-order valence-electron chi connectivity index (χ3n) is 3.17. The maximum atomic E-state index is 10.5. The van der Waals surface area contributed by atoms with Gasteiger partial charge in [0.1, 0.15) is 16.9 Å². The lowest BCUT2D eigenvalue weighted by Gasteiger charge is -2.28. The number of hydrogen-bond acceptors (Lipinski definition) is 3. The minimum absolute atomic E-state index is 0.0245. The van der Waals surface area contributed by atoms with Crippen LogP contribution in [0.5, 0.6) is 0 Å². The Morgan fingerprint density at radius 2 is 2.12 bits per heavy atom. The molecule has 0 fully saturated rings. The predicted octanol–water partition coefficient (Wildman–Crippen LogP) is 2.89. The molecule has 0 saturated heterocycles. The van der Waals surface area contributed by atoms with E-state index in [1.807, 2.05) is 13.8 Å². The number of fused-ring (bicyclic) bond motifs is 1. The molecule has 2 rings (SSSR count). The van der Waals surface area contributed by atoms with Gasteiger partial charge >= 0.3 is 0 Å². The molecule has 0 spiro atoms. The molecule has 0 aliphatic carbocycles. The molecule has 0 radical (unpaired) electrons. The van der Waals surface area contributed by atoms with Crippen LogP contribution in [0.15, 0.2) is 28.7 Å². The molecule has 4 heteroatoms. The summed E-state index contributed by atoms with van der Waals surface area (Å²) in [5.41, 5.74) is 5.23. The maximum absolute atomic E-state index is 10.5. The highest BCUT2D eigenvalue weighted by atomic mass is 35.5. The molecule has 0 bridgehead atoms. The zero-order valence-electron chi connectivity index (χ0n) is 9.90. The van der Waals surface area contributed by atoms with E-state index in [4.69, 9.17) is 21.8 Å². The first-order chi connectivity index (χ1) is 7.97. The van der Waals surface area contributed by atoms with E-state index in [9.17, 15) is 5.11 Å². The smallest absolute Gasteiger partial charge is 0.138 e. The van der Waals surface area contributed by atoms with Gasteiger partial charge in [0, 0.05) is 17.0 Å². The molecule has 3 N–H and O–H groups in total. The summed E-state index contributed by atoms with van der Waals surface area (Å²) in [7, 11) is 0. The molecule has 3 nitrogen and oxygen atoms in total. The molecule has 0 aliphatic heterocycles. The zero-order chi connectivity index (χ0) is 12.6. The monoisotopic (exact) mass is 253 g/mol. The number of furan rings is 1. The summed E-state index contributed by atoms with van der Waals surface area (Å²) < 4.78 is 5.65. The van der Waals surface area contributed by atoms with Gasteiger partial charge in [-0.2, -0.15) is 0 Å². The van der Waals surface area contributed by atoms with Crippen LogP contribution in [0.1, 0.15) is 19.6 Å². The predicted molar refractivity (Wildman–Crippen MR) is 69.0 cm³/mol. The van der Waals surface area contributed by atoms with Crippen molar-refractivity contribution < 1.29 is 9.52 Å². The fourth-order valence-corrected chi connectivity index (χ4v) is 2.03. The van der Waals surface area contributed by atoms with E-state index in [-0.39, 0.29) is 12.5 Å². The van der Waals surface area contributed by atoms with Gasteiger partial charge in [-0.25, -0.2) is 0 Å². The Morgan fingerprint density at radius 1 is 1.41 bits per heavy atom. The number of halogens is 1. The summed E-state index contributed by atoms with van der Waals surface area (Å²) in [5.74, 6) is 0.468. The van der Waals surface area contributed by atoms with Crippen molar-refractivity contribution in [2.45, 2.75) is 19.4 Å². The van der Waals surface area contributed by atoms with Crippen LogP contribution in [0.4, 0.5) is 0 Å². The number of rotatable bonds is 3. The van der Waals surface area contributed by atoms with Gasteiger partial charge < -0.3 is 15.3 Å². The topological polar surface area (TPSA) is 59.4 Å². The van der Waals surface area contributed by atoms with Gasteiger partial charge in [-0.15, -0.1) is 0 Å². The van der Waals surface area contributed by atoms with Gasteiger partial charge in [0.2, 0.25) is 0 Å². The SMILES string of the molecule is CC(C)C(O)(CN)c1cc2cc(Cl)ccc2o1. The molecule has 17 heavy (non-hydrogen) atoms. The molecule has 1 heterocycles. The van der Waals surface area contributed by atoms with E-state index in [1.165, 1.54) is 0 Å². The Labute approximate surface area is 105 Å². The van der Waals surface area contributed by atoms with Crippen LogP contribution in [0.25, 0.3) is 11.0 Å². The van der Waals surface area contributed by atoms with Gasteiger partial charge in [0.25, 0.3) is 0 Å². The second-order valence-electron chi connectivity index (χ2n) is 4.58. The highest BCUT2D eigenvalue weighted by Gasteiger charge is 2.35. The fourth-order valence-electron chi connectivity index (χ4n) is 1.85. The summed E-state index contributed by atoms with van der Waals surface area (Å²) >= 11 is 5.91. The van der Waals surface area contributed by atoms with Crippen molar-refractivity contribution in [2.24, 2.45) is 11.7 Å². The van der Waals surface area contributed by atoms with Crippen LogP contribution in [0, 0.1) is 5.92 Å². The van der Waals surface area contributed by atoms with Crippen molar-refractivity contribution in [2.75, 3.05) is 6.54 Å². The van der Waals surface area contributed by atoms with E-state index in [1.54, 1.807) is 24.3 Å². The molecule has 1 unspecified atom stereocenters. The average molecular weight is 254 g/mol. The normalized spacial score (nSPS) is 15.4. The molecule has 2 aromatic rings. The Hall–Kier alpha value is -1.03. The van der Waals surface area contributed by atoms with Gasteiger partial charge in [-0.05, 0) is 30.2 Å². The third-order valence-corrected chi connectivity index (χ3v) is 3.41. The molecule has 1 aromatic heterocycles. The Bertz CT molecular complexity index is 535. The fraction of sp³-hybridized carbons (Fsp3) is 0.385. The molecule has 1 aromatic carbocycles. The quantitative estimate of drug-likeness (QED) is 0.884. The van der Waals surface area contributed by atoms with Crippen molar-refractivity contribution in [3.63, 3.8) is 0 Å². The first-order valence-electron chi connectivity index (χ1n) is 5.59. The van der Waals surface area contributed by atoms with Crippen LogP contribution in [0.2, 0.25) is 5.02 Å². The van der Waals surface area contributed by atoms with Crippen LogP contribution < -0.4 is 5.73 Å². The molecule has 0 saturated carbocycles. The number of nitrogens with two attached hydrogens (primary N) is 1. The summed E-state index contributed by atoms with van der Waals surface area (Å²) in [5, 5.41) is 12.0. The standard InChI is InChI=1S/C13H16ClNO2/c1-8(2)13(16,7-15)12-6-9-5-10(14)3-4-11(9)17-12/h3-6,8,16H,7,15H2,1-2H3. The van der Waals surface area contributed by atoms with E-state index < -0.39 is 5.60 Å². The number of aliphatic hydroxyl groups is 1. The Morgan fingerprint density at radius 3 is 2.71 bits per heavy atom. The third kappa shape index (κ3) is 2.06. The maximum Gasteiger partial charge on any atom is 0.138 e. The van der Waals surface area contributed by atoms with Gasteiger partial charge in [-0.1, -0.05) is 25.4 Å². The zero-order valence-corrected chi connectivity index (χ0v) is 10.7. The lowest BCUT2D eigenvalue weighted by atomic mass is 9.88. The molecular weight excluding hydrogens is 238 g/mol. The molecule has 0 aliphatic rings. The summed E-state index contributed by atoms with van der Waals surface area (Å²) in [6.07, 6.45) is 0. The van der Waals surface area contributed by atoms with E-state index in [0.717, 1.165) is 5.39 Å². The van der Waals surface area contributed by atoms with Crippen LogP contribution in [0.3, 0.4) is 0 Å². The van der Waals surface area contributed by atoms with E-state index in [2.05, 4.69) is 0 Å².